The first-order valence-corrected chi connectivity index (χ1v) is 6.53. The van der Waals surface area contributed by atoms with Gasteiger partial charge < -0.3 is 5.32 Å². The molecule has 1 aliphatic carbocycles. The summed E-state index contributed by atoms with van der Waals surface area (Å²) in [6.45, 7) is 2.09. The number of aromatic nitrogens is 2. The molecule has 1 aromatic heterocycles. The summed E-state index contributed by atoms with van der Waals surface area (Å²) in [4.78, 5) is 0. The zero-order valence-electron chi connectivity index (χ0n) is 10.5. The monoisotopic (exact) mass is 221 g/mol. The minimum atomic E-state index is 0.634. The Kier molecular flexibility index (Phi) is 3.86. The molecule has 1 heterocycles. The topological polar surface area (TPSA) is 29.9 Å². The van der Waals surface area contributed by atoms with Gasteiger partial charge in [0.15, 0.2) is 0 Å². The first-order chi connectivity index (χ1) is 7.75. The molecule has 0 saturated heterocycles. The molecule has 0 amide bonds. The Bertz CT molecular complexity index is 302. The average Bonchev–Trinajstić information content (AvgIpc) is 2.50. The van der Waals surface area contributed by atoms with Gasteiger partial charge in [-0.1, -0.05) is 32.1 Å². The Morgan fingerprint density at radius 2 is 1.81 bits per heavy atom. The number of anilines is 1. The van der Waals surface area contributed by atoms with Crippen molar-refractivity contribution < 1.29 is 0 Å². The van der Waals surface area contributed by atoms with Crippen molar-refractivity contribution in [3.05, 3.63) is 11.8 Å². The molecule has 16 heavy (non-hydrogen) atoms. The van der Waals surface area contributed by atoms with E-state index in [1.54, 1.807) is 0 Å². The first kappa shape index (κ1) is 11.5. The molecule has 1 aliphatic rings. The molecule has 90 valence electrons. The lowest BCUT2D eigenvalue weighted by molar-refractivity contribution is 0.470. The Hall–Kier alpha value is -0.990. The van der Waals surface area contributed by atoms with Crippen LogP contribution in [0.15, 0.2) is 6.07 Å². The van der Waals surface area contributed by atoms with Crippen molar-refractivity contribution in [3.63, 3.8) is 0 Å². The van der Waals surface area contributed by atoms with Crippen LogP contribution in [0.25, 0.3) is 0 Å². The van der Waals surface area contributed by atoms with Crippen LogP contribution in [-0.2, 0) is 7.05 Å². The van der Waals surface area contributed by atoms with Crippen molar-refractivity contribution in [1.29, 1.82) is 0 Å². The lowest BCUT2D eigenvalue weighted by Gasteiger charge is -2.20. The minimum Gasteiger partial charge on any atom is -0.366 e. The van der Waals surface area contributed by atoms with Gasteiger partial charge in [-0.2, -0.15) is 5.10 Å². The largest absolute Gasteiger partial charge is 0.366 e. The maximum Gasteiger partial charge on any atom is 0.148 e. The third-order valence-electron chi connectivity index (χ3n) is 3.57. The van der Waals surface area contributed by atoms with Crippen LogP contribution in [0.2, 0.25) is 0 Å². The van der Waals surface area contributed by atoms with Crippen LogP contribution in [0.1, 0.15) is 50.6 Å². The first-order valence-electron chi connectivity index (χ1n) is 6.53. The Morgan fingerprint density at radius 1 is 1.19 bits per heavy atom. The number of aryl methyl sites for hydroxylation is 2. The predicted octanol–water partition coefficient (Wildman–Crippen LogP) is 3.25. The number of hydrogen-bond acceptors (Lipinski definition) is 2. The van der Waals surface area contributed by atoms with Crippen LogP contribution in [0.4, 0.5) is 5.82 Å². The van der Waals surface area contributed by atoms with Crippen LogP contribution >= 0.6 is 0 Å². The summed E-state index contributed by atoms with van der Waals surface area (Å²) in [7, 11) is 2.00. The number of nitrogens with zero attached hydrogens (tertiary/aromatic N) is 2. The summed E-state index contributed by atoms with van der Waals surface area (Å²) in [6, 6.07) is 2.77. The molecule has 3 nitrogen and oxygen atoms in total. The average molecular weight is 221 g/mol. The summed E-state index contributed by atoms with van der Waals surface area (Å²) >= 11 is 0. The summed E-state index contributed by atoms with van der Waals surface area (Å²) in [6.07, 6.45) is 9.56. The lowest BCUT2D eigenvalue weighted by atomic mass is 9.97. The second kappa shape index (κ2) is 5.37. The highest BCUT2D eigenvalue weighted by molar-refractivity contribution is 5.36. The summed E-state index contributed by atoms with van der Waals surface area (Å²) in [5.74, 6) is 1.05. The fourth-order valence-electron chi connectivity index (χ4n) is 2.44. The number of rotatable bonds is 2. The molecule has 0 spiro atoms. The van der Waals surface area contributed by atoms with Gasteiger partial charge in [-0.25, -0.2) is 0 Å². The van der Waals surface area contributed by atoms with E-state index in [2.05, 4.69) is 23.4 Å². The maximum atomic E-state index is 4.46. The molecular formula is C13H23N3. The Morgan fingerprint density at radius 3 is 2.38 bits per heavy atom. The summed E-state index contributed by atoms with van der Waals surface area (Å²) in [5.41, 5.74) is 1.22. The highest BCUT2D eigenvalue weighted by Gasteiger charge is 2.12. The zero-order chi connectivity index (χ0) is 11.4. The van der Waals surface area contributed by atoms with E-state index in [1.165, 1.54) is 50.6 Å². The van der Waals surface area contributed by atoms with E-state index in [1.807, 2.05) is 11.7 Å². The van der Waals surface area contributed by atoms with Crippen LogP contribution in [-0.4, -0.2) is 15.8 Å². The fraction of sp³-hybridized carbons (Fsp3) is 0.769. The molecule has 0 aliphatic heterocycles. The minimum absolute atomic E-state index is 0.634. The molecule has 1 fully saturated rings. The quantitative estimate of drug-likeness (QED) is 0.830. The van der Waals surface area contributed by atoms with Crippen LogP contribution in [0, 0.1) is 6.92 Å². The van der Waals surface area contributed by atoms with Gasteiger partial charge in [0.05, 0.1) is 0 Å². The summed E-state index contributed by atoms with van der Waals surface area (Å²) < 4.78 is 1.94. The van der Waals surface area contributed by atoms with Gasteiger partial charge in [0.2, 0.25) is 0 Å². The van der Waals surface area contributed by atoms with Crippen molar-refractivity contribution in [2.45, 2.75) is 57.9 Å². The standard InChI is InChI=1S/C13H23N3/c1-11-10-13(15-16(11)2)14-12-8-6-4-3-5-7-9-12/h10,12H,3-9H2,1-2H3,(H,14,15). The smallest absolute Gasteiger partial charge is 0.148 e. The predicted molar refractivity (Wildman–Crippen MR) is 67.7 cm³/mol. The van der Waals surface area contributed by atoms with Gasteiger partial charge >= 0.3 is 0 Å². The lowest BCUT2D eigenvalue weighted by Crippen LogP contribution is -2.20. The van der Waals surface area contributed by atoms with Crippen LogP contribution in [0.3, 0.4) is 0 Å². The van der Waals surface area contributed by atoms with E-state index in [0.717, 1.165) is 5.82 Å². The molecule has 0 radical (unpaired) electrons. The van der Waals surface area contributed by atoms with Gasteiger partial charge in [0.25, 0.3) is 0 Å². The third kappa shape index (κ3) is 3.00. The number of hydrogen-bond donors (Lipinski definition) is 1. The molecule has 3 heteroatoms. The van der Waals surface area contributed by atoms with Crippen molar-refractivity contribution in [3.8, 4) is 0 Å². The van der Waals surface area contributed by atoms with Gasteiger partial charge in [-0.3, -0.25) is 4.68 Å². The van der Waals surface area contributed by atoms with Crippen LogP contribution < -0.4 is 5.32 Å². The van der Waals surface area contributed by atoms with E-state index < -0.39 is 0 Å². The van der Waals surface area contributed by atoms with Gasteiger partial charge in [0, 0.05) is 24.8 Å². The Labute approximate surface area is 98.2 Å². The van der Waals surface area contributed by atoms with Gasteiger partial charge in [-0.05, 0) is 19.8 Å². The molecule has 0 atom stereocenters. The van der Waals surface area contributed by atoms with Gasteiger partial charge in [0.1, 0.15) is 5.82 Å². The van der Waals surface area contributed by atoms with E-state index >= 15 is 0 Å². The second-order valence-corrected chi connectivity index (χ2v) is 4.98. The highest BCUT2D eigenvalue weighted by atomic mass is 15.3. The Balaban J connectivity index is 1.91. The molecule has 0 unspecified atom stereocenters. The van der Waals surface area contributed by atoms with Crippen LogP contribution in [0.5, 0.6) is 0 Å². The molecule has 0 aromatic carbocycles. The van der Waals surface area contributed by atoms with Crippen molar-refractivity contribution in [2.24, 2.45) is 7.05 Å². The molecule has 1 N–H and O–H groups in total. The molecule has 0 bridgehead atoms. The highest BCUT2D eigenvalue weighted by Crippen LogP contribution is 2.20. The van der Waals surface area contributed by atoms with Crippen molar-refractivity contribution >= 4 is 5.82 Å². The van der Waals surface area contributed by atoms with Crippen molar-refractivity contribution in [1.82, 2.24) is 9.78 Å². The second-order valence-electron chi connectivity index (χ2n) is 4.98. The SMILES string of the molecule is Cc1cc(NC2CCCCCCC2)nn1C. The summed E-state index contributed by atoms with van der Waals surface area (Å²) in [5, 5.41) is 8.04. The molecular weight excluding hydrogens is 198 g/mol. The zero-order valence-corrected chi connectivity index (χ0v) is 10.5. The normalized spacial score (nSPS) is 19.1. The maximum absolute atomic E-state index is 4.46. The van der Waals surface area contributed by atoms with E-state index in [-0.39, 0.29) is 0 Å². The fourth-order valence-corrected chi connectivity index (χ4v) is 2.44. The third-order valence-corrected chi connectivity index (χ3v) is 3.57. The molecule has 1 saturated carbocycles. The molecule has 2 rings (SSSR count). The van der Waals surface area contributed by atoms with E-state index in [0.29, 0.717) is 6.04 Å². The van der Waals surface area contributed by atoms with Crippen molar-refractivity contribution in [2.75, 3.05) is 5.32 Å². The van der Waals surface area contributed by atoms with Gasteiger partial charge in [-0.15, -0.1) is 0 Å². The van der Waals surface area contributed by atoms with E-state index in [9.17, 15) is 0 Å². The molecule has 1 aromatic rings. The number of nitrogens with one attached hydrogen (secondary N) is 1. The van der Waals surface area contributed by atoms with E-state index in [4.69, 9.17) is 0 Å².